The minimum atomic E-state index is -0.610. The molecule has 30 heavy (non-hydrogen) atoms. The molecule has 0 aliphatic heterocycles. The molecule has 1 amide bonds. The number of aromatic nitrogens is 1. The number of methoxy groups -OCH3 is 1. The van der Waals surface area contributed by atoms with Crippen molar-refractivity contribution >= 4 is 17.8 Å². The number of carbonyl (C=O) groups is 1. The number of benzene rings is 2. The average Bonchev–Trinajstić information content (AvgIpc) is 3.16. The normalized spacial score (nSPS) is 10.9. The van der Waals surface area contributed by atoms with Crippen LogP contribution in [0, 0.1) is 24.1 Å². The fraction of sp³-hybridized carbons (Fsp3) is 0.136. The van der Waals surface area contributed by atoms with E-state index in [0.29, 0.717) is 22.8 Å². The van der Waals surface area contributed by atoms with Gasteiger partial charge in [0.15, 0.2) is 17.3 Å². The number of carbonyl (C=O) groups excluding carboxylic acids is 1. The van der Waals surface area contributed by atoms with Crippen LogP contribution in [0.4, 0.5) is 10.2 Å². The van der Waals surface area contributed by atoms with Crippen LogP contribution in [0.15, 0.2) is 58.6 Å². The minimum Gasteiger partial charge on any atom is -0.493 e. The van der Waals surface area contributed by atoms with Crippen LogP contribution in [0.3, 0.4) is 0 Å². The Morgan fingerprint density at radius 1 is 1.23 bits per heavy atom. The van der Waals surface area contributed by atoms with Gasteiger partial charge in [0.2, 0.25) is 0 Å². The molecule has 152 valence electrons. The largest absolute Gasteiger partial charge is 0.493 e. The number of anilines is 1. The highest BCUT2D eigenvalue weighted by Crippen LogP contribution is 2.29. The summed E-state index contributed by atoms with van der Waals surface area (Å²) in [7, 11) is 1.48. The Bertz CT molecular complexity index is 1110. The Morgan fingerprint density at radius 3 is 2.63 bits per heavy atom. The van der Waals surface area contributed by atoms with E-state index >= 15 is 0 Å². The van der Waals surface area contributed by atoms with E-state index in [1.807, 2.05) is 6.07 Å². The van der Waals surface area contributed by atoms with E-state index in [9.17, 15) is 14.4 Å². The first-order valence-corrected chi connectivity index (χ1v) is 8.90. The zero-order chi connectivity index (χ0) is 21.5. The maximum Gasteiger partial charge on any atom is 0.267 e. The molecule has 0 aliphatic carbocycles. The Labute approximate surface area is 172 Å². The molecule has 0 saturated heterocycles. The molecule has 0 bridgehead atoms. The predicted octanol–water partition coefficient (Wildman–Crippen LogP) is 4.26. The number of halogens is 1. The number of hydrogen-bond donors (Lipinski definition) is 1. The highest BCUT2D eigenvalue weighted by atomic mass is 19.1. The lowest BCUT2D eigenvalue weighted by atomic mass is 10.1. The Kier molecular flexibility index (Phi) is 6.45. The quantitative estimate of drug-likeness (QED) is 0.464. The van der Waals surface area contributed by atoms with Gasteiger partial charge < -0.3 is 19.3 Å². The van der Waals surface area contributed by atoms with E-state index < -0.39 is 5.91 Å². The third-order valence-electron chi connectivity index (χ3n) is 4.04. The van der Waals surface area contributed by atoms with Gasteiger partial charge in [-0.05, 0) is 48.4 Å². The molecule has 1 heterocycles. The standard InChI is InChI=1S/C22H18FN3O4/c1-14-9-21(26-30-14)25-22(27)17(12-24)10-16-5-8-19(20(11-16)28-2)29-13-15-3-6-18(23)7-4-15/h3-11H,13H2,1-2H3,(H,25,26,27). The fourth-order valence-corrected chi connectivity index (χ4v) is 2.56. The van der Waals surface area contributed by atoms with Crippen LogP contribution in [0.5, 0.6) is 11.5 Å². The first kappa shape index (κ1) is 20.6. The lowest BCUT2D eigenvalue weighted by Gasteiger charge is -2.11. The summed E-state index contributed by atoms with van der Waals surface area (Å²) in [6.45, 7) is 1.92. The molecule has 7 nitrogen and oxygen atoms in total. The van der Waals surface area contributed by atoms with Crippen molar-refractivity contribution in [2.75, 3.05) is 12.4 Å². The number of nitrogens with one attached hydrogen (secondary N) is 1. The van der Waals surface area contributed by atoms with Crippen molar-refractivity contribution in [2.45, 2.75) is 13.5 Å². The lowest BCUT2D eigenvalue weighted by Crippen LogP contribution is -2.13. The van der Waals surface area contributed by atoms with E-state index in [2.05, 4.69) is 10.5 Å². The molecule has 1 N–H and O–H groups in total. The summed E-state index contributed by atoms with van der Waals surface area (Å²) in [6.07, 6.45) is 1.43. The van der Waals surface area contributed by atoms with Gasteiger partial charge in [-0.15, -0.1) is 0 Å². The zero-order valence-corrected chi connectivity index (χ0v) is 16.3. The summed E-state index contributed by atoms with van der Waals surface area (Å²) >= 11 is 0. The molecule has 1 aromatic heterocycles. The second kappa shape index (κ2) is 9.39. The summed E-state index contributed by atoms with van der Waals surface area (Å²) in [4.78, 5) is 12.3. The lowest BCUT2D eigenvalue weighted by molar-refractivity contribution is -0.112. The van der Waals surface area contributed by atoms with E-state index in [1.54, 1.807) is 43.3 Å². The molecule has 8 heteroatoms. The monoisotopic (exact) mass is 407 g/mol. The number of aryl methyl sites for hydroxylation is 1. The van der Waals surface area contributed by atoms with Gasteiger partial charge in [-0.2, -0.15) is 5.26 Å². The van der Waals surface area contributed by atoms with Crippen molar-refractivity contribution in [3.05, 3.63) is 76.8 Å². The number of amides is 1. The van der Waals surface area contributed by atoms with Gasteiger partial charge >= 0.3 is 0 Å². The molecule has 3 aromatic rings. The molecule has 0 saturated carbocycles. The fourth-order valence-electron chi connectivity index (χ4n) is 2.56. The number of hydrogen-bond acceptors (Lipinski definition) is 6. The second-order valence-electron chi connectivity index (χ2n) is 6.27. The van der Waals surface area contributed by atoms with Crippen LogP contribution in [0.25, 0.3) is 6.08 Å². The van der Waals surface area contributed by atoms with Crippen LogP contribution in [0.1, 0.15) is 16.9 Å². The van der Waals surface area contributed by atoms with Gasteiger partial charge in [-0.25, -0.2) is 4.39 Å². The molecule has 0 spiro atoms. The van der Waals surface area contributed by atoms with Crippen molar-refractivity contribution in [1.82, 2.24) is 5.16 Å². The molecule has 0 fully saturated rings. The van der Waals surface area contributed by atoms with Crippen LogP contribution < -0.4 is 14.8 Å². The summed E-state index contributed by atoms with van der Waals surface area (Å²) in [5.41, 5.74) is 1.26. The Hall–Kier alpha value is -4.12. The summed E-state index contributed by atoms with van der Waals surface area (Å²) in [5, 5.41) is 15.5. The minimum absolute atomic E-state index is 0.113. The van der Waals surface area contributed by atoms with E-state index in [0.717, 1.165) is 5.56 Å². The number of nitrogens with zero attached hydrogens (tertiary/aromatic N) is 2. The van der Waals surface area contributed by atoms with Gasteiger partial charge in [-0.1, -0.05) is 23.4 Å². The molecular weight excluding hydrogens is 389 g/mol. The van der Waals surface area contributed by atoms with Crippen molar-refractivity contribution < 1.29 is 23.2 Å². The smallest absolute Gasteiger partial charge is 0.267 e. The third-order valence-corrected chi connectivity index (χ3v) is 4.04. The van der Waals surface area contributed by atoms with E-state index in [4.69, 9.17) is 14.0 Å². The van der Waals surface area contributed by atoms with E-state index in [-0.39, 0.29) is 23.8 Å². The number of nitriles is 1. The van der Waals surface area contributed by atoms with Gasteiger partial charge in [0, 0.05) is 6.07 Å². The number of rotatable bonds is 7. The van der Waals surface area contributed by atoms with Crippen LogP contribution in [-0.2, 0) is 11.4 Å². The second-order valence-corrected chi connectivity index (χ2v) is 6.27. The maximum atomic E-state index is 13.0. The summed E-state index contributed by atoms with van der Waals surface area (Å²) in [6, 6.07) is 14.4. The van der Waals surface area contributed by atoms with Crippen molar-refractivity contribution in [3.8, 4) is 17.6 Å². The van der Waals surface area contributed by atoms with Gasteiger partial charge in [0.1, 0.15) is 29.8 Å². The van der Waals surface area contributed by atoms with Crippen molar-refractivity contribution in [2.24, 2.45) is 0 Å². The maximum absolute atomic E-state index is 13.0. The zero-order valence-electron chi connectivity index (χ0n) is 16.3. The van der Waals surface area contributed by atoms with Gasteiger partial charge in [0.05, 0.1) is 7.11 Å². The Balaban J connectivity index is 1.74. The van der Waals surface area contributed by atoms with Crippen molar-refractivity contribution in [3.63, 3.8) is 0 Å². The molecule has 0 atom stereocenters. The average molecular weight is 407 g/mol. The molecule has 0 unspecified atom stereocenters. The van der Waals surface area contributed by atoms with E-state index in [1.165, 1.54) is 25.3 Å². The first-order valence-electron chi connectivity index (χ1n) is 8.90. The summed E-state index contributed by atoms with van der Waals surface area (Å²) in [5.74, 6) is 0.732. The molecule has 2 aromatic carbocycles. The highest BCUT2D eigenvalue weighted by molar-refractivity contribution is 6.09. The first-order chi connectivity index (χ1) is 14.5. The number of ether oxygens (including phenoxy) is 2. The molecular formula is C22H18FN3O4. The van der Waals surface area contributed by atoms with Gasteiger partial charge in [0.25, 0.3) is 5.91 Å². The Morgan fingerprint density at radius 2 is 2.00 bits per heavy atom. The molecule has 0 radical (unpaired) electrons. The summed E-state index contributed by atoms with van der Waals surface area (Å²) < 4.78 is 29.0. The van der Waals surface area contributed by atoms with Crippen LogP contribution in [0.2, 0.25) is 0 Å². The van der Waals surface area contributed by atoms with Crippen LogP contribution in [-0.4, -0.2) is 18.2 Å². The molecule has 0 aliphatic rings. The third kappa shape index (κ3) is 5.23. The topological polar surface area (TPSA) is 97.4 Å². The van der Waals surface area contributed by atoms with Gasteiger partial charge in [-0.3, -0.25) is 4.79 Å². The molecule has 3 rings (SSSR count). The SMILES string of the molecule is COc1cc(C=C(C#N)C(=O)Nc2cc(C)on2)ccc1OCc1ccc(F)cc1. The highest BCUT2D eigenvalue weighted by Gasteiger charge is 2.13. The predicted molar refractivity (Wildman–Crippen MR) is 107 cm³/mol. The van der Waals surface area contributed by atoms with Crippen molar-refractivity contribution in [1.29, 1.82) is 5.26 Å². The van der Waals surface area contributed by atoms with Crippen LogP contribution >= 0.6 is 0 Å².